The van der Waals surface area contributed by atoms with E-state index in [9.17, 15) is 9.90 Å². The molecule has 1 aliphatic rings. The summed E-state index contributed by atoms with van der Waals surface area (Å²) in [5.74, 6) is 0.569. The molecule has 0 bridgehead atoms. The van der Waals surface area contributed by atoms with Crippen molar-refractivity contribution in [2.24, 2.45) is 0 Å². The zero-order chi connectivity index (χ0) is 13.9. The number of furan rings is 1. The van der Waals surface area contributed by atoms with Crippen LogP contribution < -0.4 is 5.32 Å². The Labute approximate surface area is 117 Å². The number of carbonyl (C=O) groups is 1. The molecule has 4 nitrogen and oxygen atoms in total. The van der Waals surface area contributed by atoms with Crippen LogP contribution in [0.25, 0.3) is 11.3 Å². The lowest BCUT2D eigenvalue weighted by Crippen LogP contribution is -2.26. The van der Waals surface area contributed by atoms with Crippen LogP contribution in [0.2, 0.25) is 0 Å². The average molecular weight is 271 g/mol. The monoisotopic (exact) mass is 271 g/mol. The van der Waals surface area contributed by atoms with Gasteiger partial charge in [0, 0.05) is 5.56 Å². The summed E-state index contributed by atoms with van der Waals surface area (Å²) in [5, 5.41) is 12.7. The van der Waals surface area contributed by atoms with Crippen LogP contribution in [0.1, 0.15) is 41.4 Å². The number of benzene rings is 1. The number of hydrogen-bond acceptors (Lipinski definition) is 3. The molecule has 1 aromatic carbocycles. The summed E-state index contributed by atoms with van der Waals surface area (Å²) in [6.07, 6.45) is 3.46. The summed E-state index contributed by atoms with van der Waals surface area (Å²) in [7, 11) is 0. The van der Waals surface area contributed by atoms with Crippen molar-refractivity contribution < 1.29 is 14.3 Å². The lowest BCUT2D eigenvalue weighted by Gasteiger charge is -2.21. The molecule has 0 aliphatic carbocycles. The van der Waals surface area contributed by atoms with Gasteiger partial charge in [-0.1, -0.05) is 24.6 Å². The van der Waals surface area contributed by atoms with Crippen LogP contribution >= 0.6 is 0 Å². The summed E-state index contributed by atoms with van der Waals surface area (Å²) in [4.78, 5) is 11.2. The molecule has 0 amide bonds. The third-order valence-corrected chi connectivity index (χ3v) is 3.70. The number of rotatable bonds is 3. The highest BCUT2D eigenvalue weighted by Crippen LogP contribution is 2.30. The summed E-state index contributed by atoms with van der Waals surface area (Å²) < 4.78 is 5.87. The van der Waals surface area contributed by atoms with Gasteiger partial charge in [0.2, 0.25) is 0 Å². The molecule has 1 aromatic heterocycles. The van der Waals surface area contributed by atoms with Crippen molar-refractivity contribution in [2.75, 3.05) is 6.54 Å². The van der Waals surface area contributed by atoms with E-state index in [-0.39, 0.29) is 11.6 Å². The van der Waals surface area contributed by atoms with Crippen molar-refractivity contribution in [1.29, 1.82) is 0 Å². The SMILES string of the molecule is O=C(O)c1ccccc1-c1ccc([C@H]2CCCCN2)o1. The lowest BCUT2D eigenvalue weighted by atomic mass is 10.0. The maximum absolute atomic E-state index is 11.2. The molecule has 1 saturated heterocycles. The van der Waals surface area contributed by atoms with E-state index in [0.29, 0.717) is 11.3 Å². The average Bonchev–Trinajstić information content (AvgIpc) is 2.98. The second-order valence-corrected chi connectivity index (χ2v) is 5.06. The van der Waals surface area contributed by atoms with E-state index in [4.69, 9.17) is 4.42 Å². The minimum Gasteiger partial charge on any atom is -0.478 e. The van der Waals surface area contributed by atoms with Gasteiger partial charge >= 0.3 is 5.97 Å². The Bertz CT molecular complexity index is 612. The molecule has 4 heteroatoms. The molecular weight excluding hydrogens is 254 g/mol. The Balaban J connectivity index is 1.92. The van der Waals surface area contributed by atoms with Gasteiger partial charge in [-0.25, -0.2) is 4.79 Å². The van der Waals surface area contributed by atoms with Crippen LogP contribution in [-0.2, 0) is 0 Å². The predicted octanol–water partition coefficient (Wildman–Crippen LogP) is 3.46. The van der Waals surface area contributed by atoms with Gasteiger partial charge in [-0.2, -0.15) is 0 Å². The number of aromatic carboxylic acids is 1. The van der Waals surface area contributed by atoms with Gasteiger partial charge < -0.3 is 14.8 Å². The predicted molar refractivity (Wildman–Crippen MR) is 75.7 cm³/mol. The molecule has 1 fully saturated rings. The molecule has 0 saturated carbocycles. The maximum Gasteiger partial charge on any atom is 0.336 e. The molecule has 0 spiro atoms. The largest absolute Gasteiger partial charge is 0.478 e. The van der Waals surface area contributed by atoms with E-state index >= 15 is 0 Å². The van der Waals surface area contributed by atoms with E-state index in [0.717, 1.165) is 18.7 Å². The number of carboxylic acid groups (broad SMARTS) is 1. The Morgan fingerprint density at radius 2 is 2.05 bits per heavy atom. The van der Waals surface area contributed by atoms with Crippen LogP contribution in [0.15, 0.2) is 40.8 Å². The van der Waals surface area contributed by atoms with Crippen molar-refractivity contribution in [3.8, 4) is 11.3 Å². The summed E-state index contributed by atoms with van der Waals surface area (Å²) in [5.41, 5.74) is 0.895. The van der Waals surface area contributed by atoms with Gasteiger partial charge in [0.1, 0.15) is 11.5 Å². The fraction of sp³-hybridized carbons (Fsp3) is 0.312. The smallest absolute Gasteiger partial charge is 0.336 e. The Hall–Kier alpha value is -2.07. The molecule has 2 N–H and O–H groups in total. The molecule has 1 aliphatic heterocycles. The topological polar surface area (TPSA) is 62.5 Å². The van der Waals surface area contributed by atoms with Crippen LogP contribution in [0, 0.1) is 0 Å². The molecule has 1 atom stereocenters. The second kappa shape index (κ2) is 5.51. The van der Waals surface area contributed by atoms with E-state index < -0.39 is 5.97 Å². The second-order valence-electron chi connectivity index (χ2n) is 5.06. The first kappa shape index (κ1) is 12.9. The van der Waals surface area contributed by atoms with Crippen molar-refractivity contribution in [3.63, 3.8) is 0 Å². The molecular formula is C16H17NO3. The van der Waals surface area contributed by atoms with Gasteiger partial charge in [0.25, 0.3) is 0 Å². The van der Waals surface area contributed by atoms with E-state index in [2.05, 4.69) is 5.32 Å². The highest BCUT2D eigenvalue weighted by Gasteiger charge is 2.20. The van der Waals surface area contributed by atoms with Crippen LogP contribution in [0.4, 0.5) is 0 Å². The molecule has 0 radical (unpaired) electrons. The van der Waals surface area contributed by atoms with Gasteiger partial charge in [-0.15, -0.1) is 0 Å². The summed E-state index contributed by atoms with van der Waals surface area (Å²) >= 11 is 0. The highest BCUT2D eigenvalue weighted by molar-refractivity contribution is 5.95. The fourth-order valence-corrected chi connectivity index (χ4v) is 2.66. The fourth-order valence-electron chi connectivity index (χ4n) is 2.66. The van der Waals surface area contributed by atoms with Crippen molar-refractivity contribution >= 4 is 5.97 Å². The quantitative estimate of drug-likeness (QED) is 0.897. The summed E-state index contributed by atoms with van der Waals surface area (Å²) in [6.45, 7) is 1.01. The number of nitrogens with one attached hydrogen (secondary N) is 1. The standard InChI is InChI=1S/C16H17NO3/c18-16(19)12-6-2-1-5-11(12)14-8-9-15(20-14)13-7-3-4-10-17-13/h1-2,5-6,8-9,13,17H,3-4,7,10H2,(H,18,19)/t13-/m1/s1. The molecule has 0 unspecified atom stereocenters. The zero-order valence-corrected chi connectivity index (χ0v) is 11.1. The third kappa shape index (κ3) is 2.47. The first-order chi connectivity index (χ1) is 9.75. The number of hydrogen-bond donors (Lipinski definition) is 2. The maximum atomic E-state index is 11.2. The minimum absolute atomic E-state index is 0.245. The molecule has 2 aromatic rings. The Kier molecular flexibility index (Phi) is 3.56. The molecule has 104 valence electrons. The first-order valence-corrected chi connectivity index (χ1v) is 6.91. The zero-order valence-electron chi connectivity index (χ0n) is 11.1. The van der Waals surface area contributed by atoms with E-state index in [1.165, 1.54) is 12.8 Å². The van der Waals surface area contributed by atoms with Crippen LogP contribution in [0.5, 0.6) is 0 Å². The van der Waals surface area contributed by atoms with Gasteiger partial charge in [-0.3, -0.25) is 0 Å². The lowest BCUT2D eigenvalue weighted by molar-refractivity contribution is 0.0697. The van der Waals surface area contributed by atoms with Gasteiger partial charge in [-0.05, 0) is 37.6 Å². The highest BCUT2D eigenvalue weighted by atomic mass is 16.4. The van der Waals surface area contributed by atoms with Crippen LogP contribution in [0.3, 0.4) is 0 Å². The van der Waals surface area contributed by atoms with E-state index in [1.807, 2.05) is 18.2 Å². The first-order valence-electron chi connectivity index (χ1n) is 6.91. The van der Waals surface area contributed by atoms with Crippen molar-refractivity contribution in [2.45, 2.75) is 25.3 Å². The normalized spacial score (nSPS) is 18.9. The number of piperidine rings is 1. The van der Waals surface area contributed by atoms with Gasteiger partial charge in [0.15, 0.2) is 0 Å². The van der Waals surface area contributed by atoms with Crippen molar-refractivity contribution in [1.82, 2.24) is 5.32 Å². The van der Waals surface area contributed by atoms with Gasteiger partial charge in [0.05, 0.1) is 11.6 Å². The summed E-state index contributed by atoms with van der Waals surface area (Å²) in [6, 6.07) is 11.0. The molecule has 2 heterocycles. The van der Waals surface area contributed by atoms with E-state index in [1.54, 1.807) is 18.2 Å². The van der Waals surface area contributed by atoms with Crippen molar-refractivity contribution in [3.05, 3.63) is 47.7 Å². The Morgan fingerprint density at radius 3 is 2.80 bits per heavy atom. The minimum atomic E-state index is -0.936. The van der Waals surface area contributed by atoms with Crippen LogP contribution in [-0.4, -0.2) is 17.6 Å². The molecule has 3 rings (SSSR count). The number of carboxylic acids is 1. The molecule has 20 heavy (non-hydrogen) atoms. The Morgan fingerprint density at radius 1 is 1.20 bits per heavy atom. The third-order valence-electron chi connectivity index (χ3n) is 3.70.